The van der Waals surface area contributed by atoms with Crippen molar-refractivity contribution in [2.75, 3.05) is 13.1 Å². The molecule has 1 aromatic rings. The van der Waals surface area contributed by atoms with Crippen LogP contribution < -0.4 is 10.6 Å². The molecular weight excluding hydrogens is 248 g/mol. The number of carbonyl (C=O) groups excluding carboxylic acids is 1. The first kappa shape index (κ1) is 12.7. The lowest BCUT2D eigenvalue weighted by Gasteiger charge is -2.09. The van der Waals surface area contributed by atoms with Gasteiger partial charge in [-0.05, 0) is 30.7 Å². The van der Waals surface area contributed by atoms with E-state index in [0.717, 1.165) is 18.9 Å². The summed E-state index contributed by atoms with van der Waals surface area (Å²) < 4.78 is 0. The van der Waals surface area contributed by atoms with Crippen LogP contribution in [0.2, 0.25) is 5.02 Å². The van der Waals surface area contributed by atoms with Crippen molar-refractivity contribution in [2.24, 2.45) is 0 Å². The summed E-state index contributed by atoms with van der Waals surface area (Å²) in [6, 6.07) is 6.92. The number of rotatable bonds is 4. The van der Waals surface area contributed by atoms with Gasteiger partial charge in [-0.2, -0.15) is 0 Å². The van der Waals surface area contributed by atoms with Gasteiger partial charge in [0.05, 0.1) is 0 Å². The van der Waals surface area contributed by atoms with Gasteiger partial charge in [0.2, 0.25) is 0 Å². The van der Waals surface area contributed by atoms with E-state index in [4.69, 9.17) is 11.6 Å². The standard InChI is InChI=1S/C14H15ClN2O/c1-2-3-12(14-16-8-9-17-14)13(18)10-4-6-11(15)7-5-10/h2,4-7,16-17H,1,3,8-9H2. The predicted octanol–water partition coefficient (Wildman–Crippen LogP) is 2.50. The normalized spacial score (nSPS) is 13.7. The second kappa shape index (κ2) is 5.74. The molecule has 4 heteroatoms. The Kier molecular flexibility index (Phi) is 4.05. The van der Waals surface area contributed by atoms with Crippen LogP contribution in [0.25, 0.3) is 0 Å². The lowest BCUT2D eigenvalue weighted by Crippen LogP contribution is -2.18. The van der Waals surface area contributed by atoms with Gasteiger partial charge >= 0.3 is 0 Å². The largest absolute Gasteiger partial charge is 0.370 e. The van der Waals surface area contributed by atoms with E-state index in [-0.39, 0.29) is 5.78 Å². The second-order valence-electron chi connectivity index (χ2n) is 4.04. The summed E-state index contributed by atoms with van der Waals surface area (Å²) in [5.41, 5.74) is 1.35. The molecule has 2 rings (SSSR count). The highest BCUT2D eigenvalue weighted by molar-refractivity contribution is 6.30. The Morgan fingerprint density at radius 3 is 2.44 bits per heavy atom. The first-order chi connectivity index (χ1) is 8.72. The molecule has 1 fully saturated rings. The van der Waals surface area contributed by atoms with E-state index in [2.05, 4.69) is 17.2 Å². The quantitative estimate of drug-likeness (QED) is 0.498. The Labute approximate surface area is 112 Å². The van der Waals surface area contributed by atoms with Crippen LogP contribution in [0.3, 0.4) is 0 Å². The molecule has 1 aliphatic heterocycles. The third kappa shape index (κ3) is 2.74. The lowest BCUT2D eigenvalue weighted by molar-refractivity contribution is 0.103. The number of ketones is 1. The molecule has 0 bridgehead atoms. The molecule has 0 aromatic heterocycles. The number of allylic oxidation sites excluding steroid dienone is 2. The Balaban J connectivity index is 2.31. The van der Waals surface area contributed by atoms with E-state index in [0.29, 0.717) is 22.6 Å². The van der Waals surface area contributed by atoms with E-state index in [9.17, 15) is 4.79 Å². The number of carbonyl (C=O) groups is 1. The van der Waals surface area contributed by atoms with E-state index in [1.165, 1.54) is 0 Å². The first-order valence-corrected chi connectivity index (χ1v) is 6.22. The zero-order valence-corrected chi connectivity index (χ0v) is 10.8. The number of benzene rings is 1. The maximum Gasteiger partial charge on any atom is 0.192 e. The summed E-state index contributed by atoms with van der Waals surface area (Å²) in [7, 11) is 0. The zero-order chi connectivity index (χ0) is 13.0. The van der Waals surface area contributed by atoms with Crippen LogP contribution in [0.5, 0.6) is 0 Å². The highest BCUT2D eigenvalue weighted by Gasteiger charge is 2.18. The molecule has 1 aromatic carbocycles. The molecule has 1 aliphatic rings. The van der Waals surface area contributed by atoms with Crippen LogP contribution in [0.1, 0.15) is 16.8 Å². The topological polar surface area (TPSA) is 41.1 Å². The van der Waals surface area contributed by atoms with E-state index >= 15 is 0 Å². The summed E-state index contributed by atoms with van der Waals surface area (Å²) in [6.07, 6.45) is 2.27. The van der Waals surface area contributed by atoms with Gasteiger partial charge in [-0.3, -0.25) is 4.79 Å². The van der Waals surface area contributed by atoms with Gasteiger partial charge in [0.25, 0.3) is 0 Å². The van der Waals surface area contributed by atoms with E-state index in [1.54, 1.807) is 30.3 Å². The summed E-state index contributed by atoms with van der Waals surface area (Å²) in [5.74, 6) is 0.818. The lowest BCUT2D eigenvalue weighted by atomic mass is 10.0. The molecule has 3 nitrogen and oxygen atoms in total. The minimum atomic E-state index is 0.00321. The fourth-order valence-electron chi connectivity index (χ4n) is 1.88. The van der Waals surface area contributed by atoms with Crippen molar-refractivity contribution in [3.8, 4) is 0 Å². The van der Waals surface area contributed by atoms with Gasteiger partial charge in [0, 0.05) is 29.2 Å². The fourth-order valence-corrected chi connectivity index (χ4v) is 2.00. The highest BCUT2D eigenvalue weighted by Crippen LogP contribution is 2.17. The van der Waals surface area contributed by atoms with Crippen molar-refractivity contribution in [1.29, 1.82) is 0 Å². The Morgan fingerprint density at radius 2 is 1.89 bits per heavy atom. The van der Waals surface area contributed by atoms with Crippen molar-refractivity contribution in [1.82, 2.24) is 10.6 Å². The number of halogens is 1. The summed E-state index contributed by atoms with van der Waals surface area (Å²) in [5, 5.41) is 6.98. The van der Waals surface area contributed by atoms with Gasteiger partial charge in [-0.25, -0.2) is 0 Å². The van der Waals surface area contributed by atoms with Crippen molar-refractivity contribution in [3.05, 3.63) is 58.9 Å². The third-order valence-electron chi connectivity index (χ3n) is 2.76. The summed E-state index contributed by atoms with van der Waals surface area (Å²) in [4.78, 5) is 12.4. The molecule has 1 heterocycles. The SMILES string of the molecule is C=CCC(C(=O)c1ccc(Cl)cc1)=C1NCCN1. The fraction of sp³-hybridized carbons (Fsp3) is 0.214. The monoisotopic (exact) mass is 262 g/mol. The summed E-state index contributed by atoms with van der Waals surface area (Å²) >= 11 is 5.82. The zero-order valence-electron chi connectivity index (χ0n) is 10.0. The molecule has 94 valence electrons. The number of hydrogen-bond acceptors (Lipinski definition) is 3. The summed E-state index contributed by atoms with van der Waals surface area (Å²) in [6.45, 7) is 5.37. The van der Waals surface area contributed by atoms with E-state index in [1.807, 2.05) is 0 Å². The number of hydrogen-bond donors (Lipinski definition) is 2. The van der Waals surface area contributed by atoms with Crippen molar-refractivity contribution in [3.63, 3.8) is 0 Å². The van der Waals surface area contributed by atoms with Gasteiger partial charge in [-0.15, -0.1) is 6.58 Å². The molecule has 0 spiro atoms. The average Bonchev–Trinajstić information content (AvgIpc) is 2.90. The van der Waals surface area contributed by atoms with Crippen LogP contribution in [-0.2, 0) is 0 Å². The molecule has 0 amide bonds. The second-order valence-corrected chi connectivity index (χ2v) is 4.47. The van der Waals surface area contributed by atoms with Crippen LogP contribution >= 0.6 is 11.6 Å². The molecule has 0 unspecified atom stereocenters. The van der Waals surface area contributed by atoms with Crippen molar-refractivity contribution in [2.45, 2.75) is 6.42 Å². The molecule has 0 radical (unpaired) electrons. The van der Waals surface area contributed by atoms with Gasteiger partial charge in [-0.1, -0.05) is 17.7 Å². The predicted molar refractivity (Wildman–Crippen MR) is 73.6 cm³/mol. The maximum absolute atomic E-state index is 12.4. The molecular formula is C14H15ClN2O. The molecule has 0 atom stereocenters. The molecule has 2 N–H and O–H groups in total. The number of nitrogens with one attached hydrogen (secondary N) is 2. The van der Waals surface area contributed by atoms with Crippen LogP contribution in [0, 0.1) is 0 Å². The van der Waals surface area contributed by atoms with Gasteiger partial charge in [0.15, 0.2) is 5.78 Å². The van der Waals surface area contributed by atoms with Crippen LogP contribution in [0.15, 0.2) is 48.3 Å². The van der Waals surface area contributed by atoms with Gasteiger partial charge < -0.3 is 10.6 Å². The minimum absolute atomic E-state index is 0.00321. The molecule has 0 aliphatic carbocycles. The van der Waals surface area contributed by atoms with E-state index < -0.39 is 0 Å². The third-order valence-corrected chi connectivity index (χ3v) is 3.01. The highest BCUT2D eigenvalue weighted by atomic mass is 35.5. The van der Waals surface area contributed by atoms with Crippen molar-refractivity contribution < 1.29 is 4.79 Å². The average molecular weight is 263 g/mol. The Bertz CT molecular complexity index is 483. The van der Waals surface area contributed by atoms with Crippen LogP contribution in [0.4, 0.5) is 0 Å². The molecule has 0 saturated carbocycles. The molecule has 1 saturated heterocycles. The van der Waals surface area contributed by atoms with Crippen molar-refractivity contribution >= 4 is 17.4 Å². The maximum atomic E-state index is 12.4. The van der Waals surface area contributed by atoms with Crippen LogP contribution in [-0.4, -0.2) is 18.9 Å². The smallest absolute Gasteiger partial charge is 0.192 e. The number of Topliss-reactive ketones (excluding diaryl/α,β-unsaturated/α-hetero) is 1. The molecule has 18 heavy (non-hydrogen) atoms. The Hall–Kier alpha value is -1.74. The van der Waals surface area contributed by atoms with Gasteiger partial charge in [0.1, 0.15) is 5.82 Å². The first-order valence-electron chi connectivity index (χ1n) is 5.84. The Morgan fingerprint density at radius 1 is 1.28 bits per heavy atom. The minimum Gasteiger partial charge on any atom is -0.370 e.